The molecule has 0 spiro atoms. The van der Waals surface area contributed by atoms with Gasteiger partial charge in [0.25, 0.3) is 0 Å². The molecule has 132 valence electrons. The van der Waals surface area contributed by atoms with Crippen molar-refractivity contribution in [2.75, 3.05) is 6.61 Å². The van der Waals surface area contributed by atoms with Crippen LogP contribution in [0.25, 0.3) is 0 Å². The van der Waals surface area contributed by atoms with Crippen molar-refractivity contribution >= 4 is 0 Å². The molecule has 3 fully saturated rings. The van der Waals surface area contributed by atoms with Crippen LogP contribution in [0, 0.1) is 46.8 Å². The van der Waals surface area contributed by atoms with Crippen LogP contribution in [0.15, 0.2) is 11.6 Å². The average molecular weight is 327 g/mol. The van der Waals surface area contributed by atoms with Crippen molar-refractivity contribution in [3.8, 4) is 12.3 Å². The van der Waals surface area contributed by atoms with Gasteiger partial charge in [-0.15, -0.1) is 12.3 Å². The second-order valence-corrected chi connectivity index (χ2v) is 9.39. The van der Waals surface area contributed by atoms with E-state index < -0.39 is 0 Å². The fourth-order valence-corrected chi connectivity index (χ4v) is 7.81. The Morgan fingerprint density at radius 1 is 1.21 bits per heavy atom. The van der Waals surface area contributed by atoms with Crippen molar-refractivity contribution in [2.45, 2.75) is 77.6 Å². The summed E-state index contributed by atoms with van der Waals surface area (Å²) >= 11 is 0. The van der Waals surface area contributed by atoms with Crippen molar-refractivity contribution in [2.24, 2.45) is 34.5 Å². The van der Waals surface area contributed by atoms with E-state index in [-0.39, 0.29) is 0 Å². The zero-order valence-electron chi connectivity index (χ0n) is 15.4. The van der Waals surface area contributed by atoms with Crippen molar-refractivity contribution in [3.05, 3.63) is 11.6 Å². The molecule has 0 aromatic rings. The molecule has 3 saturated carbocycles. The molecule has 1 heteroatoms. The van der Waals surface area contributed by atoms with Crippen LogP contribution in [0.4, 0.5) is 0 Å². The summed E-state index contributed by atoms with van der Waals surface area (Å²) in [6, 6.07) is 0. The summed E-state index contributed by atoms with van der Waals surface area (Å²) in [6.07, 6.45) is 22.6. The molecule has 4 aliphatic carbocycles. The molecule has 0 aliphatic heterocycles. The van der Waals surface area contributed by atoms with E-state index in [1.54, 1.807) is 5.57 Å². The second kappa shape index (κ2) is 6.21. The van der Waals surface area contributed by atoms with Crippen LogP contribution < -0.4 is 0 Å². The maximum Gasteiger partial charge on any atom is 0.0433 e. The molecule has 4 rings (SSSR count). The molecule has 0 aromatic heterocycles. The van der Waals surface area contributed by atoms with Crippen LogP contribution in [-0.4, -0.2) is 11.7 Å². The van der Waals surface area contributed by atoms with E-state index in [0.717, 1.165) is 30.6 Å². The van der Waals surface area contributed by atoms with Gasteiger partial charge in [0.2, 0.25) is 0 Å². The second-order valence-electron chi connectivity index (χ2n) is 9.39. The molecule has 4 aliphatic rings. The summed E-state index contributed by atoms with van der Waals surface area (Å²) in [5.41, 5.74) is 2.63. The summed E-state index contributed by atoms with van der Waals surface area (Å²) in [6.45, 7) is 2.92. The van der Waals surface area contributed by atoms with Gasteiger partial charge in [0.1, 0.15) is 0 Å². The van der Waals surface area contributed by atoms with E-state index >= 15 is 0 Å². The third kappa shape index (κ3) is 2.25. The predicted octanol–water partition coefficient (Wildman–Crippen LogP) is 5.34. The topological polar surface area (TPSA) is 20.2 Å². The first-order chi connectivity index (χ1) is 11.7. The van der Waals surface area contributed by atoms with E-state index in [0.29, 0.717) is 23.4 Å². The van der Waals surface area contributed by atoms with Crippen molar-refractivity contribution in [1.29, 1.82) is 0 Å². The first-order valence-corrected chi connectivity index (χ1v) is 10.4. The number of allylic oxidation sites excluding steroid dienone is 2. The SMILES string of the molecule is C#CC[C@]12CC[C@H]3[C@@H](CCC4=CCCC[C@@]43C)[C@@H]1CC[C@@H]2CCO. The summed E-state index contributed by atoms with van der Waals surface area (Å²) < 4.78 is 0. The van der Waals surface area contributed by atoms with Gasteiger partial charge in [0.05, 0.1) is 0 Å². The van der Waals surface area contributed by atoms with Crippen LogP contribution >= 0.6 is 0 Å². The maximum absolute atomic E-state index is 9.57. The van der Waals surface area contributed by atoms with E-state index in [1.165, 1.54) is 57.8 Å². The zero-order chi connectivity index (χ0) is 16.8. The van der Waals surface area contributed by atoms with Crippen molar-refractivity contribution in [1.82, 2.24) is 0 Å². The predicted molar refractivity (Wildman–Crippen MR) is 99.3 cm³/mol. The van der Waals surface area contributed by atoms with Gasteiger partial charge in [-0.05, 0) is 98.7 Å². The van der Waals surface area contributed by atoms with E-state index in [1.807, 2.05) is 0 Å². The third-order valence-corrected chi connectivity index (χ3v) is 8.83. The molecule has 0 heterocycles. The van der Waals surface area contributed by atoms with Crippen LogP contribution in [0.3, 0.4) is 0 Å². The van der Waals surface area contributed by atoms with Gasteiger partial charge >= 0.3 is 0 Å². The smallest absolute Gasteiger partial charge is 0.0433 e. The van der Waals surface area contributed by atoms with Gasteiger partial charge in [-0.2, -0.15) is 0 Å². The highest BCUT2D eigenvalue weighted by Gasteiger charge is 2.59. The van der Waals surface area contributed by atoms with Gasteiger partial charge in [0.15, 0.2) is 0 Å². The number of hydrogen-bond donors (Lipinski definition) is 1. The van der Waals surface area contributed by atoms with Crippen LogP contribution in [0.1, 0.15) is 77.6 Å². The molecule has 24 heavy (non-hydrogen) atoms. The normalized spacial score (nSPS) is 47.1. The Morgan fingerprint density at radius 3 is 2.88 bits per heavy atom. The minimum Gasteiger partial charge on any atom is -0.396 e. The molecule has 0 bridgehead atoms. The largest absolute Gasteiger partial charge is 0.396 e. The van der Waals surface area contributed by atoms with E-state index in [2.05, 4.69) is 18.9 Å². The minimum absolute atomic E-state index is 0.336. The van der Waals surface area contributed by atoms with Crippen LogP contribution in [-0.2, 0) is 0 Å². The van der Waals surface area contributed by atoms with Crippen LogP contribution in [0.5, 0.6) is 0 Å². The number of terminal acetylenes is 1. The van der Waals surface area contributed by atoms with E-state index in [4.69, 9.17) is 6.42 Å². The molecule has 1 nitrogen and oxygen atoms in total. The molecule has 0 amide bonds. The van der Waals surface area contributed by atoms with Crippen molar-refractivity contribution < 1.29 is 5.11 Å². The minimum atomic E-state index is 0.336. The summed E-state index contributed by atoms with van der Waals surface area (Å²) in [5.74, 6) is 6.32. The summed E-state index contributed by atoms with van der Waals surface area (Å²) in [4.78, 5) is 0. The fraction of sp³-hybridized carbons (Fsp3) is 0.826. The molecule has 0 saturated heterocycles. The number of aliphatic hydroxyl groups excluding tert-OH is 1. The Hall–Kier alpha value is -0.740. The zero-order valence-corrected chi connectivity index (χ0v) is 15.4. The third-order valence-electron chi connectivity index (χ3n) is 8.83. The molecule has 1 N–H and O–H groups in total. The van der Waals surface area contributed by atoms with Gasteiger partial charge in [0, 0.05) is 13.0 Å². The summed E-state index contributed by atoms with van der Waals surface area (Å²) in [7, 11) is 0. The Labute approximate surface area is 148 Å². The Bertz CT molecular complexity index is 555. The number of aliphatic hydroxyl groups is 1. The Balaban J connectivity index is 1.66. The molecular formula is C23H34O. The van der Waals surface area contributed by atoms with Gasteiger partial charge in [-0.25, -0.2) is 0 Å². The first-order valence-electron chi connectivity index (χ1n) is 10.4. The maximum atomic E-state index is 9.57. The van der Waals surface area contributed by atoms with Crippen LogP contribution in [0.2, 0.25) is 0 Å². The highest BCUT2D eigenvalue weighted by Crippen LogP contribution is 2.68. The molecule has 0 aromatic carbocycles. The first kappa shape index (κ1) is 16.7. The standard InChI is InChI=1S/C23H34O/c1-3-13-23-15-11-20-19(21(23)10-8-18(23)12-16-24)9-7-17-6-4-5-14-22(17,20)2/h1,6,18-21,24H,4-5,7-16H2,2H3/t18-,19-,20+,21+,22+,23-/m1/s1. The molecule has 6 atom stereocenters. The van der Waals surface area contributed by atoms with Gasteiger partial charge in [-0.3, -0.25) is 0 Å². The summed E-state index contributed by atoms with van der Waals surface area (Å²) in [5, 5.41) is 9.57. The van der Waals surface area contributed by atoms with Gasteiger partial charge < -0.3 is 5.11 Å². The van der Waals surface area contributed by atoms with Crippen molar-refractivity contribution in [3.63, 3.8) is 0 Å². The monoisotopic (exact) mass is 326 g/mol. The lowest BCUT2D eigenvalue weighted by Crippen LogP contribution is -2.51. The Morgan fingerprint density at radius 2 is 2.08 bits per heavy atom. The highest BCUT2D eigenvalue weighted by atomic mass is 16.3. The number of hydrogen-bond acceptors (Lipinski definition) is 1. The highest BCUT2D eigenvalue weighted by molar-refractivity contribution is 5.24. The number of rotatable bonds is 3. The lowest BCUT2D eigenvalue weighted by Gasteiger charge is -2.59. The van der Waals surface area contributed by atoms with Gasteiger partial charge in [-0.1, -0.05) is 18.6 Å². The number of fused-ring (bicyclic) bond motifs is 5. The molecular weight excluding hydrogens is 292 g/mol. The lowest BCUT2D eigenvalue weighted by atomic mass is 9.46. The fourth-order valence-electron chi connectivity index (χ4n) is 7.81. The Kier molecular flexibility index (Phi) is 4.32. The molecule has 0 radical (unpaired) electrons. The average Bonchev–Trinajstić information content (AvgIpc) is 2.94. The van der Waals surface area contributed by atoms with E-state index in [9.17, 15) is 5.11 Å². The quantitative estimate of drug-likeness (QED) is 0.548. The molecule has 0 unspecified atom stereocenters. The lowest BCUT2D eigenvalue weighted by molar-refractivity contribution is -0.0606.